The molecular weight excluding hydrogens is 256 g/mol. The summed E-state index contributed by atoms with van der Waals surface area (Å²) in [5, 5.41) is 4.31. The first-order valence-corrected chi connectivity index (χ1v) is 7.36. The van der Waals surface area contributed by atoms with Crippen LogP contribution >= 0.6 is 0 Å². The van der Waals surface area contributed by atoms with E-state index in [1.54, 1.807) is 6.20 Å². The van der Waals surface area contributed by atoms with Crippen molar-refractivity contribution in [1.82, 2.24) is 14.7 Å². The fourth-order valence-corrected chi connectivity index (χ4v) is 3.07. The number of likely N-dealkylation sites (tertiary alicyclic amines) is 1. The van der Waals surface area contributed by atoms with Crippen LogP contribution < -0.4 is 5.73 Å². The molecule has 0 saturated carbocycles. The van der Waals surface area contributed by atoms with Gasteiger partial charge in [-0.1, -0.05) is 0 Å². The lowest BCUT2D eigenvalue weighted by molar-refractivity contribution is -0.0303. The summed E-state index contributed by atoms with van der Waals surface area (Å²) >= 11 is 0. The molecule has 2 fully saturated rings. The van der Waals surface area contributed by atoms with E-state index >= 15 is 0 Å². The zero-order chi connectivity index (χ0) is 14.1. The van der Waals surface area contributed by atoms with Crippen molar-refractivity contribution in [3.63, 3.8) is 0 Å². The van der Waals surface area contributed by atoms with Crippen molar-refractivity contribution in [2.75, 3.05) is 19.6 Å². The highest BCUT2D eigenvalue weighted by Gasteiger charge is 2.36. The number of rotatable bonds is 4. The normalized spacial score (nSPS) is 25.2. The molecule has 2 saturated heterocycles. The Morgan fingerprint density at radius 3 is 2.80 bits per heavy atom. The number of hydrogen-bond acceptors (Lipinski definition) is 4. The molecule has 1 amide bonds. The number of carbonyl (C=O) groups excluding carboxylic acids is 1. The van der Waals surface area contributed by atoms with Crippen molar-refractivity contribution in [1.29, 1.82) is 0 Å². The van der Waals surface area contributed by atoms with E-state index in [9.17, 15) is 4.79 Å². The summed E-state index contributed by atoms with van der Waals surface area (Å²) in [6.45, 7) is 4.77. The molecule has 3 heterocycles. The second-order valence-corrected chi connectivity index (χ2v) is 5.68. The number of nitrogens with two attached hydrogens (primary N) is 1. The first-order valence-electron chi connectivity index (χ1n) is 7.36. The van der Waals surface area contributed by atoms with E-state index in [-0.39, 0.29) is 18.1 Å². The van der Waals surface area contributed by atoms with Crippen molar-refractivity contribution in [3.8, 4) is 0 Å². The average molecular weight is 278 g/mol. The van der Waals surface area contributed by atoms with Gasteiger partial charge in [-0.3, -0.25) is 9.48 Å². The summed E-state index contributed by atoms with van der Waals surface area (Å²) in [6, 6.07) is 0. The van der Waals surface area contributed by atoms with Crippen molar-refractivity contribution >= 4 is 5.91 Å². The van der Waals surface area contributed by atoms with Gasteiger partial charge in [-0.05, 0) is 32.7 Å². The molecule has 0 spiro atoms. The SMILES string of the molecule is Cc1c(C(=O)N2CC3CCC(C2)O3)cnn1CCCN. The zero-order valence-corrected chi connectivity index (χ0v) is 11.9. The average Bonchev–Trinajstić information content (AvgIpc) is 2.98. The minimum absolute atomic E-state index is 0.0849. The van der Waals surface area contributed by atoms with Crippen molar-refractivity contribution in [3.05, 3.63) is 17.5 Å². The number of morpholine rings is 1. The van der Waals surface area contributed by atoms with Crippen LogP contribution in [0.3, 0.4) is 0 Å². The van der Waals surface area contributed by atoms with Crippen LogP contribution in [0.25, 0.3) is 0 Å². The summed E-state index contributed by atoms with van der Waals surface area (Å²) < 4.78 is 7.64. The van der Waals surface area contributed by atoms with E-state index in [0.29, 0.717) is 25.2 Å². The lowest BCUT2D eigenvalue weighted by Crippen LogP contribution is -2.45. The van der Waals surface area contributed by atoms with E-state index < -0.39 is 0 Å². The molecule has 0 aliphatic carbocycles. The second kappa shape index (κ2) is 5.54. The fraction of sp³-hybridized carbons (Fsp3) is 0.714. The number of ether oxygens (including phenoxy) is 1. The van der Waals surface area contributed by atoms with Gasteiger partial charge in [0.25, 0.3) is 5.91 Å². The van der Waals surface area contributed by atoms with E-state index in [4.69, 9.17) is 10.5 Å². The van der Waals surface area contributed by atoms with Gasteiger partial charge in [-0.25, -0.2) is 0 Å². The Kier molecular flexibility index (Phi) is 3.76. The van der Waals surface area contributed by atoms with E-state index in [1.807, 2.05) is 16.5 Å². The van der Waals surface area contributed by atoms with Gasteiger partial charge in [0.1, 0.15) is 0 Å². The Hall–Kier alpha value is -1.40. The van der Waals surface area contributed by atoms with Crippen LogP contribution in [0.4, 0.5) is 0 Å². The van der Waals surface area contributed by atoms with Gasteiger partial charge >= 0.3 is 0 Å². The van der Waals surface area contributed by atoms with Crippen molar-refractivity contribution in [2.45, 2.75) is 44.9 Å². The Bertz CT molecular complexity index is 487. The first kappa shape index (κ1) is 13.6. The summed E-state index contributed by atoms with van der Waals surface area (Å²) in [6.07, 6.45) is 5.16. The largest absolute Gasteiger partial charge is 0.371 e. The summed E-state index contributed by atoms with van der Waals surface area (Å²) in [5.74, 6) is 0.0849. The smallest absolute Gasteiger partial charge is 0.257 e. The lowest BCUT2D eigenvalue weighted by Gasteiger charge is -2.32. The third kappa shape index (κ3) is 2.45. The van der Waals surface area contributed by atoms with Crippen LogP contribution in [-0.2, 0) is 11.3 Å². The maximum absolute atomic E-state index is 12.6. The number of hydrogen-bond donors (Lipinski definition) is 1. The highest BCUT2D eigenvalue weighted by atomic mass is 16.5. The number of aryl methyl sites for hydroxylation is 1. The lowest BCUT2D eigenvalue weighted by atomic mass is 10.2. The van der Waals surface area contributed by atoms with Crippen LogP contribution in [0.2, 0.25) is 0 Å². The van der Waals surface area contributed by atoms with Crippen LogP contribution in [0.15, 0.2) is 6.20 Å². The maximum Gasteiger partial charge on any atom is 0.257 e. The molecule has 0 radical (unpaired) electrons. The Morgan fingerprint density at radius 2 is 2.15 bits per heavy atom. The van der Waals surface area contributed by atoms with Gasteiger partial charge < -0.3 is 15.4 Å². The molecule has 2 aliphatic rings. The monoisotopic (exact) mass is 278 g/mol. The van der Waals surface area contributed by atoms with Crippen molar-refractivity contribution < 1.29 is 9.53 Å². The molecule has 2 atom stereocenters. The minimum Gasteiger partial charge on any atom is -0.371 e. The maximum atomic E-state index is 12.6. The third-order valence-corrected chi connectivity index (χ3v) is 4.24. The van der Waals surface area contributed by atoms with Gasteiger partial charge in [-0.15, -0.1) is 0 Å². The molecule has 6 nitrogen and oxygen atoms in total. The summed E-state index contributed by atoms with van der Waals surface area (Å²) in [7, 11) is 0. The predicted octanol–water partition coefficient (Wildman–Crippen LogP) is 0.544. The van der Waals surface area contributed by atoms with Gasteiger partial charge in [-0.2, -0.15) is 5.10 Å². The highest BCUT2D eigenvalue weighted by Crippen LogP contribution is 2.27. The fourth-order valence-electron chi connectivity index (χ4n) is 3.07. The molecule has 2 bridgehead atoms. The first-order chi connectivity index (χ1) is 9.69. The van der Waals surface area contributed by atoms with Gasteiger partial charge in [0.05, 0.1) is 24.0 Å². The van der Waals surface area contributed by atoms with Gasteiger partial charge in [0.15, 0.2) is 0 Å². The van der Waals surface area contributed by atoms with Gasteiger partial charge in [0.2, 0.25) is 0 Å². The zero-order valence-electron chi connectivity index (χ0n) is 11.9. The molecular formula is C14H22N4O2. The topological polar surface area (TPSA) is 73.4 Å². The molecule has 2 unspecified atom stereocenters. The molecule has 1 aromatic rings. The second-order valence-electron chi connectivity index (χ2n) is 5.68. The molecule has 0 aromatic carbocycles. The third-order valence-electron chi connectivity index (χ3n) is 4.24. The summed E-state index contributed by atoms with van der Waals surface area (Å²) in [4.78, 5) is 14.5. The number of carbonyl (C=O) groups is 1. The molecule has 20 heavy (non-hydrogen) atoms. The molecule has 110 valence electrons. The number of nitrogens with zero attached hydrogens (tertiary/aromatic N) is 3. The molecule has 2 aliphatic heterocycles. The number of aromatic nitrogens is 2. The minimum atomic E-state index is 0.0849. The van der Waals surface area contributed by atoms with Gasteiger partial charge in [0, 0.05) is 25.3 Å². The van der Waals surface area contributed by atoms with Crippen LogP contribution in [0, 0.1) is 6.92 Å². The summed E-state index contributed by atoms with van der Waals surface area (Å²) in [5.41, 5.74) is 7.16. The molecule has 1 aromatic heterocycles. The van der Waals surface area contributed by atoms with Crippen molar-refractivity contribution in [2.24, 2.45) is 5.73 Å². The predicted molar refractivity (Wildman–Crippen MR) is 74.4 cm³/mol. The van der Waals surface area contributed by atoms with Crippen LogP contribution in [-0.4, -0.2) is 52.4 Å². The number of amides is 1. The highest BCUT2D eigenvalue weighted by molar-refractivity contribution is 5.95. The van der Waals surface area contributed by atoms with E-state index in [2.05, 4.69) is 5.10 Å². The quantitative estimate of drug-likeness (QED) is 0.872. The van der Waals surface area contributed by atoms with Crippen LogP contribution in [0.1, 0.15) is 35.3 Å². The molecule has 6 heteroatoms. The molecule has 2 N–H and O–H groups in total. The number of fused-ring (bicyclic) bond motifs is 2. The Balaban J connectivity index is 1.72. The van der Waals surface area contributed by atoms with E-state index in [0.717, 1.165) is 31.5 Å². The van der Waals surface area contributed by atoms with E-state index in [1.165, 1.54) is 0 Å². The van der Waals surface area contributed by atoms with Crippen LogP contribution in [0.5, 0.6) is 0 Å². The molecule has 3 rings (SSSR count). The standard InChI is InChI=1S/C14H22N4O2/c1-10-13(7-16-18(10)6-2-5-15)14(19)17-8-11-3-4-12(9-17)20-11/h7,11-12H,2-6,8-9,15H2,1H3. The Labute approximate surface area is 118 Å². The Morgan fingerprint density at radius 1 is 1.45 bits per heavy atom.